The quantitative estimate of drug-likeness (QED) is 0.103. The van der Waals surface area contributed by atoms with Gasteiger partial charge in [-0.25, -0.2) is 22.0 Å². The smallest absolute Gasteiger partial charge is 0.306 e. The summed E-state index contributed by atoms with van der Waals surface area (Å²) in [7, 11) is 0. The first kappa shape index (κ1) is 25.1. The fourth-order valence-electron chi connectivity index (χ4n) is 2.37. The van der Waals surface area contributed by atoms with E-state index in [1.54, 1.807) is 0 Å². The molecule has 0 atom stereocenters. The molecule has 0 amide bonds. The van der Waals surface area contributed by atoms with Crippen LogP contribution in [0.4, 0.5) is 22.0 Å². The van der Waals surface area contributed by atoms with Gasteiger partial charge in [-0.3, -0.25) is 9.59 Å². The van der Waals surface area contributed by atoms with Gasteiger partial charge in [-0.15, -0.1) is 11.6 Å². The zero-order valence-electron chi connectivity index (χ0n) is 15.7. The van der Waals surface area contributed by atoms with Gasteiger partial charge in [-0.1, -0.05) is 25.7 Å². The Bertz CT molecular complexity index is 671. The van der Waals surface area contributed by atoms with Crippen LogP contribution in [0.3, 0.4) is 0 Å². The summed E-state index contributed by atoms with van der Waals surface area (Å²) in [6.45, 7) is -0.947. The second-order valence-electron chi connectivity index (χ2n) is 6.24. The molecule has 1 aromatic carbocycles. The highest BCUT2D eigenvalue weighted by Crippen LogP contribution is 2.23. The number of rotatable bonds is 13. The molecule has 1 aromatic rings. The fourth-order valence-corrected chi connectivity index (χ4v) is 2.56. The summed E-state index contributed by atoms with van der Waals surface area (Å²) in [5.74, 6) is -11.7. The SMILES string of the molecule is O=C(CCC(=O)OCc1c(F)c(F)c(F)c(F)c1F)OCCCCCCCCCl. The van der Waals surface area contributed by atoms with E-state index >= 15 is 0 Å². The minimum absolute atomic E-state index is 0.202. The lowest BCUT2D eigenvalue weighted by Gasteiger charge is -2.09. The van der Waals surface area contributed by atoms with Crippen molar-refractivity contribution in [2.24, 2.45) is 0 Å². The van der Waals surface area contributed by atoms with Crippen molar-refractivity contribution in [2.75, 3.05) is 12.5 Å². The molecule has 164 valence electrons. The molecule has 1 rings (SSSR count). The molecule has 0 aliphatic carbocycles. The van der Waals surface area contributed by atoms with Gasteiger partial charge in [-0.05, 0) is 12.8 Å². The van der Waals surface area contributed by atoms with Gasteiger partial charge in [0.15, 0.2) is 23.3 Å². The highest BCUT2D eigenvalue weighted by atomic mass is 35.5. The normalized spacial score (nSPS) is 10.8. The molecule has 0 aromatic heterocycles. The number of benzene rings is 1. The van der Waals surface area contributed by atoms with Crippen molar-refractivity contribution in [3.63, 3.8) is 0 Å². The minimum atomic E-state index is -2.30. The van der Waals surface area contributed by atoms with E-state index in [2.05, 4.69) is 4.74 Å². The van der Waals surface area contributed by atoms with Gasteiger partial charge < -0.3 is 9.47 Å². The fraction of sp³-hybridized carbons (Fsp3) is 0.579. The van der Waals surface area contributed by atoms with Crippen LogP contribution in [0.2, 0.25) is 0 Å². The average Bonchev–Trinajstić information content (AvgIpc) is 2.71. The van der Waals surface area contributed by atoms with Crippen LogP contribution in [-0.2, 0) is 25.7 Å². The topological polar surface area (TPSA) is 52.6 Å². The second-order valence-corrected chi connectivity index (χ2v) is 6.62. The van der Waals surface area contributed by atoms with E-state index in [9.17, 15) is 31.5 Å². The standard InChI is InChI=1S/C19H22ClF5O4/c20-9-5-3-1-2-4-6-10-28-13(26)7-8-14(27)29-11-12-15(21)17(23)19(25)18(24)16(12)22/h1-11H2. The Kier molecular flexibility index (Phi) is 11.6. The van der Waals surface area contributed by atoms with Crippen molar-refractivity contribution in [2.45, 2.75) is 58.0 Å². The van der Waals surface area contributed by atoms with Crippen LogP contribution in [0, 0.1) is 29.1 Å². The highest BCUT2D eigenvalue weighted by Gasteiger charge is 2.26. The van der Waals surface area contributed by atoms with Gasteiger partial charge in [0, 0.05) is 5.88 Å². The van der Waals surface area contributed by atoms with Crippen LogP contribution < -0.4 is 0 Å². The maximum atomic E-state index is 13.5. The predicted molar refractivity (Wildman–Crippen MR) is 94.6 cm³/mol. The average molecular weight is 445 g/mol. The van der Waals surface area contributed by atoms with Gasteiger partial charge in [0.1, 0.15) is 6.61 Å². The lowest BCUT2D eigenvalue weighted by Crippen LogP contribution is -2.13. The zero-order chi connectivity index (χ0) is 21.8. The highest BCUT2D eigenvalue weighted by molar-refractivity contribution is 6.17. The zero-order valence-corrected chi connectivity index (χ0v) is 16.4. The summed E-state index contributed by atoms with van der Waals surface area (Å²) in [6.07, 6.45) is 4.86. The van der Waals surface area contributed by atoms with Gasteiger partial charge in [0.25, 0.3) is 0 Å². The molecule has 0 radical (unpaired) electrons. The molecular weight excluding hydrogens is 423 g/mol. The molecule has 0 aliphatic rings. The molecule has 0 aliphatic heterocycles. The van der Waals surface area contributed by atoms with E-state index in [1.165, 1.54) is 0 Å². The van der Waals surface area contributed by atoms with Crippen molar-refractivity contribution in [1.82, 2.24) is 0 Å². The Morgan fingerprint density at radius 1 is 0.655 bits per heavy atom. The maximum Gasteiger partial charge on any atom is 0.306 e. The van der Waals surface area contributed by atoms with Gasteiger partial charge >= 0.3 is 11.9 Å². The Morgan fingerprint density at radius 3 is 1.66 bits per heavy atom. The molecule has 0 heterocycles. The monoisotopic (exact) mass is 444 g/mol. The Labute approximate surface area is 170 Å². The van der Waals surface area contributed by atoms with Crippen molar-refractivity contribution in [1.29, 1.82) is 0 Å². The van der Waals surface area contributed by atoms with Crippen LogP contribution in [0.1, 0.15) is 56.9 Å². The molecule has 0 unspecified atom stereocenters. The number of hydrogen-bond acceptors (Lipinski definition) is 4. The predicted octanol–water partition coefficient (Wildman–Crippen LogP) is 5.33. The molecule has 0 saturated carbocycles. The van der Waals surface area contributed by atoms with Crippen LogP contribution in [0.15, 0.2) is 0 Å². The summed E-state index contributed by atoms with van der Waals surface area (Å²) in [4.78, 5) is 23.1. The van der Waals surface area contributed by atoms with Crippen molar-refractivity contribution in [3.8, 4) is 0 Å². The number of carbonyl (C=O) groups is 2. The molecule has 0 spiro atoms. The first-order valence-electron chi connectivity index (χ1n) is 9.17. The third-order valence-electron chi connectivity index (χ3n) is 4.00. The number of carbonyl (C=O) groups excluding carboxylic acids is 2. The number of ether oxygens (including phenoxy) is 2. The molecule has 10 heteroatoms. The summed E-state index contributed by atoms with van der Waals surface area (Å²) in [5, 5.41) is 0. The van der Waals surface area contributed by atoms with E-state index in [0.29, 0.717) is 12.3 Å². The number of unbranched alkanes of at least 4 members (excludes halogenated alkanes) is 5. The third kappa shape index (κ3) is 8.55. The van der Waals surface area contributed by atoms with Crippen LogP contribution in [0.25, 0.3) is 0 Å². The minimum Gasteiger partial charge on any atom is -0.466 e. The maximum absolute atomic E-state index is 13.5. The summed E-state index contributed by atoms with van der Waals surface area (Å²) < 4.78 is 75.4. The second kappa shape index (κ2) is 13.3. The van der Waals surface area contributed by atoms with Crippen molar-refractivity contribution < 1.29 is 41.0 Å². The molecule has 0 fully saturated rings. The largest absolute Gasteiger partial charge is 0.466 e. The van der Waals surface area contributed by atoms with Crippen LogP contribution in [-0.4, -0.2) is 24.4 Å². The number of halogens is 6. The van der Waals surface area contributed by atoms with Crippen LogP contribution >= 0.6 is 11.6 Å². The third-order valence-corrected chi connectivity index (χ3v) is 4.27. The number of alkyl halides is 1. The van der Waals surface area contributed by atoms with Gasteiger partial charge in [0.05, 0.1) is 25.0 Å². The first-order chi connectivity index (χ1) is 13.8. The van der Waals surface area contributed by atoms with Gasteiger partial charge in [0.2, 0.25) is 5.82 Å². The molecule has 29 heavy (non-hydrogen) atoms. The molecule has 0 saturated heterocycles. The summed E-state index contributed by atoms with van der Waals surface area (Å²) >= 11 is 5.57. The number of hydrogen-bond donors (Lipinski definition) is 0. The van der Waals surface area contributed by atoms with Crippen molar-refractivity contribution in [3.05, 3.63) is 34.6 Å². The number of esters is 2. The summed E-state index contributed by atoms with van der Waals surface area (Å²) in [5.41, 5.74) is -1.26. The van der Waals surface area contributed by atoms with E-state index in [4.69, 9.17) is 16.3 Å². The molecule has 0 N–H and O–H groups in total. The lowest BCUT2D eigenvalue weighted by atomic mass is 10.1. The van der Waals surface area contributed by atoms with E-state index in [-0.39, 0.29) is 13.0 Å². The van der Waals surface area contributed by atoms with Crippen molar-refractivity contribution >= 4 is 23.5 Å². The first-order valence-corrected chi connectivity index (χ1v) is 9.70. The van der Waals surface area contributed by atoms with E-state index in [0.717, 1.165) is 32.1 Å². The van der Waals surface area contributed by atoms with E-state index < -0.39 is 59.6 Å². The Morgan fingerprint density at radius 2 is 1.10 bits per heavy atom. The van der Waals surface area contributed by atoms with E-state index in [1.807, 2.05) is 0 Å². The van der Waals surface area contributed by atoms with Crippen LogP contribution in [0.5, 0.6) is 0 Å². The molecule has 4 nitrogen and oxygen atoms in total. The van der Waals surface area contributed by atoms with Gasteiger partial charge in [-0.2, -0.15) is 0 Å². The molecule has 0 bridgehead atoms. The molecular formula is C19H22ClF5O4. The lowest BCUT2D eigenvalue weighted by molar-refractivity contribution is -0.151. The Hall–Kier alpha value is -1.90. The Balaban J connectivity index is 2.27. The summed E-state index contributed by atoms with van der Waals surface area (Å²) in [6, 6.07) is 0.